The van der Waals surface area contributed by atoms with E-state index in [2.05, 4.69) is 57.0 Å². The fourth-order valence-electron chi connectivity index (χ4n) is 2.90. The number of nitrogens with zero attached hydrogens (tertiary/aromatic N) is 1. The van der Waals surface area contributed by atoms with Crippen LogP contribution in [0.3, 0.4) is 0 Å². The Hall–Kier alpha value is -1.02. The van der Waals surface area contributed by atoms with Gasteiger partial charge >= 0.3 is 0 Å². The molecule has 0 saturated heterocycles. The third kappa shape index (κ3) is 3.50. The molecule has 1 saturated carbocycles. The lowest BCUT2D eigenvalue weighted by Gasteiger charge is -2.35. The lowest BCUT2D eigenvalue weighted by atomic mass is 9.87. The van der Waals surface area contributed by atoms with E-state index in [1.807, 2.05) is 0 Å². The van der Waals surface area contributed by atoms with Gasteiger partial charge in [0.15, 0.2) is 0 Å². The van der Waals surface area contributed by atoms with Gasteiger partial charge in [0, 0.05) is 24.8 Å². The third-order valence-electron chi connectivity index (χ3n) is 4.43. The Kier molecular flexibility index (Phi) is 4.19. The summed E-state index contributed by atoms with van der Waals surface area (Å²) < 4.78 is 0. The average molecular weight is 260 g/mol. The normalized spacial score (nSPS) is 24.3. The summed E-state index contributed by atoms with van der Waals surface area (Å²) in [5.74, 6) is 0. The van der Waals surface area contributed by atoms with Gasteiger partial charge in [0.1, 0.15) is 0 Å². The Labute approximate surface area is 118 Å². The lowest BCUT2D eigenvalue weighted by molar-refractivity contribution is 0.385. The van der Waals surface area contributed by atoms with Crippen molar-refractivity contribution < 1.29 is 0 Å². The van der Waals surface area contributed by atoms with Crippen molar-refractivity contribution in [3.8, 4) is 0 Å². The van der Waals surface area contributed by atoms with E-state index >= 15 is 0 Å². The van der Waals surface area contributed by atoms with Crippen LogP contribution in [0.5, 0.6) is 0 Å². The molecule has 106 valence electrons. The molecule has 2 N–H and O–H groups in total. The van der Waals surface area contributed by atoms with E-state index < -0.39 is 0 Å². The number of rotatable bonds is 2. The first-order chi connectivity index (χ1) is 8.88. The van der Waals surface area contributed by atoms with Crippen molar-refractivity contribution in [1.82, 2.24) is 0 Å². The summed E-state index contributed by atoms with van der Waals surface area (Å²) in [6, 6.07) is 10.1. The zero-order valence-corrected chi connectivity index (χ0v) is 12.8. The maximum absolute atomic E-state index is 5.98. The number of hydrogen-bond donors (Lipinski definition) is 1. The van der Waals surface area contributed by atoms with Crippen LogP contribution < -0.4 is 10.6 Å². The van der Waals surface area contributed by atoms with Crippen molar-refractivity contribution in [2.24, 2.45) is 5.73 Å². The Morgan fingerprint density at radius 2 is 1.53 bits per heavy atom. The van der Waals surface area contributed by atoms with Gasteiger partial charge in [0.25, 0.3) is 0 Å². The first-order valence-electron chi connectivity index (χ1n) is 7.47. The SMILES string of the molecule is CN(c1ccc(C(C)(C)C)cc1)C1CCC(N)CC1. The highest BCUT2D eigenvalue weighted by molar-refractivity contribution is 5.48. The molecule has 0 aromatic heterocycles. The molecule has 1 fully saturated rings. The summed E-state index contributed by atoms with van der Waals surface area (Å²) in [5, 5.41) is 0. The van der Waals surface area contributed by atoms with E-state index in [1.165, 1.54) is 24.1 Å². The van der Waals surface area contributed by atoms with E-state index in [-0.39, 0.29) is 5.41 Å². The van der Waals surface area contributed by atoms with Crippen LogP contribution in [0.2, 0.25) is 0 Å². The van der Waals surface area contributed by atoms with Crippen LogP contribution in [0.25, 0.3) is 0 Å². The fourth-order valence-corrected chi connectivity index (χ4v) is 2.90. The molecule has 0 spiro atoms. The highest BCUT2D eigenvalue weighted by atomic mass is 15.1. The van der Waals surface area contributed by atoms with Crippen LogP contribution in [0.15, 0.2) is 24.3 Å². The lowest BCUT2D eigenvalue weighted by Crippen LogP contribution is -2.38. The predicted molar refractivity (Wildman–Crippen MR) is 83.8 cm³/mol. The van der Waals surface area contributed by atoms with Crippen LogP contribution in [-0.2, 0) is 5.41 Å². The summed E-state index contributed by atoms with van der Waals surface area (Å²) in [5.41, 5.74) is 8.94. The topological polar surface area (TPSA) is 29.3 Å². The van der Waals surface area contributed by atoms with Crippen molar-refractivity contribution in [1.29, 1.82) is 0 Å². The molecule has 0 unspecified atom stereocenters. The Morgan fingerprint density at radius 3 is 2.00 bits per heavy atom. The van der Waals surface area contributed by atoms with Gasteiger partial charge in [0.2, 0.25) is 0 Å². The smallest absolute Gasteiger partial charge is 0.0366 e. The summed E-state index contributed by atoms with van der Waals surface area (Å²) >= 11 is 0. The van der Waals surface area contributed by atoms with E-state index in [0.717, 1.165) is 12.8 Å². The molecule has 0 bridgehead atoms. The standard InChI is InChI=1S/C17H28N2/c1-17(2,3)13-5-9-15(10-6-13)19(4)16-11-7-14(18)8-12-16/h5-6,9-10,14,16H,7-8,11-12,18H2,1-4H3. The first kappa shape index (κ1) is 14.4. The van der Waals surface area contributed by atoms with Gasteiger partial charge in [-0.3, -0.25) is 0 Å². The molecule has 2 heteroatoms. The van der Waals surface area contributed by atoms with Gasteiger partial charge in [-0.05, 0) is 48.8 Å². The number of hydrogen-bond acceptors (Lipinski definition) is 2. The Morgan fingerprint density at radius 1 is 1.00 bits per heavy atom. The van der Waals surface area contributed by atoms with E-state index in [1.54, 1.807) is 0 Å². The quantitative estimate of drug-likeness (QED) is 0.878. The molecule has 0 heterocycles. The molecule has 1 aliphatic carbocycles. The highest BCUT2D eigenvalue weighted by Gasteiger charge is 2.22. The molecular weight excluding hydrogens is 232 g/mol. The molecule has 0 atom stereocenters. The van der Waals surface area contributed by atoms with Gasteiger partial charge in [0.05, 0.1) is 0 Å². The molecule has 1 aromatic carbocycles. The summed E-state index contributed by atoms with van der Waals surface area (Å²) in [4.78, 5) is 2.43. The second-order valence-corrected chi connectivity index (χ2v) is 6.98. The predicted octanol–water partition coefficient (Wildman–Crippen LogP) is 3.69. The van der Waals surface area contributed by atoms with Gasteiger partial charge in [-0.25, -0.2) is 0 Å². The van der Waals surface area contributed by atoms with Crippen molar-refractivity contribution >= 4 is 5.69 Å². The van der Waals surface area contributed by atoms with Crippen molar-refractivity contribution in [3.05, 3.63) is 29.8 Å². The second-order valence-electron chi connectivity index (χ2n) is 6.98. The van der Waals surface area contributed by atoms with E-state index in [9.17, 15) is 0 Å². The van der Waals surface area contributed by atoms with Gasteiger partial charge in [-0.15, -0.1) is 0 Å². The van der Waals surface area contributed by atoms with Gasteiger partial charge in [-0.2, -0.15) is 0 Å². The summed E-state index contributed by atoms with van der Waals surface area (Å²) in [7, 11) is 2.22. The number of nitrogens with two attached hydrogens (primary N) is 1. The molecule has 2 nitrogen and oxygen atoms in total. The van der Waals surface area contributed by atoms with Gasteiger partial charge in [-0.1, -0.05) is 32.9 Å². The van der Waals surface area contributed by atoms with Crippen LogP contribution in [0.4, 0.5) is 5.69 Å². The Bertz CT molecular complexity index is 394. The number of anilines is 1. The molecule has 0 amide bonds. The third-order valence-corrected chi connectivity index (χ3v) is 4.43. The van der Waals surface area contributed by atoms with Crippen LogP contribution in [-0.4, -0.2) is 19.1 Å². The Balaban J connectivity index is 2.05. The van der Waals surface area contributed by atoms with Crippen molar-refractivity contribution in [3.63, 3.8) is 0 Å². The van der Waals surface area contributed by atoms with Crippen LogP contribution in [0, 0.1) is 0 Å². The minimum absolute atomic E-state index is 0.231. The zero-order valence-electron chi connectivity index (χ0n) is 12.8. The molecule has 1 aromatic rings. The summed E-state index contributed by atoms with van der Waals surface area (Å²) in [6.45, 7) is 6.77. The molecule has 0 aliphatic heterocycles. The molecule has 1 aliphatic rings. The molecular formula is C17H28N2. The number of benzene rings is 1. The van der Waals surface area contributed by atoms with Crippen LogP contribution in [0.1, 0.15) is 52.0 Å². The maximum Gasteiger partial charge on any atom is 0.0366 e. The second kappa shape index (κ2) is 5.54. The monoisotopic (exact) mass is 260 g/mol. The van der Waals surface area contributed by atoms with Crippen molar-refractivity contribution in [2.45, 2.75) is 64.0 Å². The minimum Gasteiger partial charge on any atom is -0.372 e. The summed E-state index contributed by atoms with van der Waals surface area (Å²) in [6.07, 6.45) is 4.77. The molecule has 0 radical (unpaired) electrons. The van der Waals surface area contributed by atoms with Gasteiger partial charge < -0.3 is 10.6 Å². The molecule has 2 rings (SSSR count). The minimum atomic E-state index is 0.231. The van der Waals surface area contributed by atoms with E-state index in [4.69, 9.17) is 5.73 Å². The largest absolute Gasteiger partial charge is 0.372 e. The zero-order chi connectivity index (χ0) is 14.0. The maximum atomic E-state index is 5.98. The highest BCUT2D eigenvalue weighted by Crippen LogP contribution is 2.28. The first-order valence-corrected chi connectivity index (χ1v) is 7.47. The van der Waals surface area contributed by atoms with Crippen LogP contribution >= 0.6 is 0 Å². The van der Waals surface area contributed by atoms with E-state index in [0.29, 0.717) is 12.1 Å². The molecule has 19 heavy (non-hydrogen) atoms. The fraction of sp³-hybridized carbons (Fsp3) is 0.647. The average Bonchev–Trinajstić information content (AvgIpc) is 2.38. The van der Waals surface area contributed by atoms with Crippen molar-refractivity contribution in [2.75, 3.05) is 11.9 Å².